The van der Waals surface area contributed by atoms with Crippen LogP contribution in [0.4, 0.5) is 11.6 Å². The summed E-state index contributed by atoms with van der Waals surface area (Å²) in [6.07, 6.45) is 1.75. The van der Waals surface area contributed by atoms with Crippen molar-refractivity contribution in [2.45, 2.75) is 0 Å². The smallest absolute Gasteiger partial charge is 0.220 e. The largest absolute Gasteiger partial charge is 0.399 e. The average Bonchev–Trinajstić information content (AvgIpc) is 2.71. The molecule has 2 heterocycles. The first kappa shape index (κ1) is 10.0. The van der Waals surface area contributed by atoms with Crippen LogP contribution in [0.25, 0.3) is 21.3 Å². The Bertz CT molecular complexity index is 690. The third kappa shape index (κ3) is 1.70. The predicted molar refractivity (Wildman–Crippen MR) is 71.7 cm³/mol. The molecule has 0 bridgehead atoms. The van der Waals surface area contributed by atoms with E-state index in [1.807, 2.05) is 29.6 Å². The number of benzene rings is 1. The van der Waals surface area contributed by atoms with Crippen LogP contribution in [-0.2, 0) is 0 Å². The molecule has 84 valence electrons. The third-order valence-corrected chi connectivity index (χ3v) is 3.44. The number of nitrogens with two attached hydrogens (primary N) is 2. The number of hydrogen-bond donors (Lipinski definition) is 2. The summed E-state index contributed by atoms with van der Waals surface area (Å²) in [5.74, 6) is 0.293. The highest BCUT2D eigenvalue weighted by atomic mass is 32.1. The molecule has 0 aliphatic rings. The van der Waals surface area contributed by atoms with E-state index in [9.17, 15) is 0 Å². The lowest BCUT2D eigenvalue weighted by atomic mass is 10.1. The van der Waals surface area contributed by atoms with Crippen LogP contribution in [0.2, 0.25) is 0 Å². The summed E-state index contributed by atoms with van der Waals surface area (Å²) >= 11 is 1.60. The molecule has 0 aliphatic heterocycles. The number of rotatable bonds is 1. The van der Waals surface area contributed by atoms with E-state index in [2.05, 4.69) is 9.97 Å². The number of fused-ring (bicyclic) bond motifs is 1. The second kappa shape index (κ2) is 3.71. The van der Waals surface area contributed by atoms with Gasteiger partial charge in [0.2, 0.25) is 5.95 Å². The summed E-state index contributed by atoms with van der Waals surface area (Å²) in [6, 6.07) is 7.73. The standard InChI is InChI=1S/C12H10N4S/c13-8-3-1-2-7(4-8)9-6-17-10-5-15-12(14)16-11(9)10/h1-6H,13H2,(H2,14,15,16). The van der Waals surface area contributed by atoms with Crippen molar-refractivity contribution in [3.8, 4) is 11.1 Å². The normalized spacial score (nSPS) is 10.8. The molecule has 0 radical (unpaired) electrons. The molecule has 17 heavy (non-hydrogen) atoms. The summed E-state index contributed by atoms with van der Waals surface area (Å²) < 4.78 is 1.02. The van der Waals surface area contributed by atoms with Crippen LogP contribution in [0.5, 0.6) is 0 Å². The summed E-state index contributed by atoms with van der Waals surface area (Å²) in [7, 11) is 0. The van der Waals surface area contributed by atoms with E-state index in [1.165, 1.54) is 0 Å². The second-order valence-electron chi connectivity index (χ2n) is 3.72. The van der Waals surface area contributed by atoms with Crippen molar-refractivity contribution in [2.24, 2.45) is 0 Å². The molecular weight excluding hydrogens is 232 g/mol. The van der Waals surface area contributed by atoms with E-state index >= 15 is 0 Å². The zero-order valence-electron chi connectivity index (χ0n) is 8.92. The van der Waals surface area contributed by atoms with Crippen LogP contribution < -0.4 is 11.5 Å². The van der Waals surface area contributed by atoms with Gasteiger partial charge in [0.15, 0.2) is 0 Å². The first-order valence-electron chi connectivity index (χ1n) is 5.09. The Morgan fingerprint density at radius 1 is 1.18 bits per heavy atom. The Morgan fingerprint density at radius 3 is 2.88 bits per heavy atom. The van der Waals surface area contributed by atoms with Gasteiger partial charge in [-0.15, -0.1) is 11.3 Å². The van der Waals surface area contributed by atoms with Gasteiger partial charge in [-0.1, -0.05) is 12.1 Å². The SMILES string of the molecule is Nc1cccc(-c2csc3cnc(N)nc23)c1. The van der Waals surface area contributed by atoms with Gasteiger partial charge in [-0.3, -0.25) is 0 Å². The zero-order valence-corrected chi connectivity index (χ0v) is 9.74. The Hall–Kier alpha value is -2.14. The maximum absolute atomic E-state index is 5.78. The number of nitrogen functional groups attached to an aromatic ring is 2. The van der Waals surface area contributed by atoms with Crippen molar-refractivity contribution >= 4 is 33.2 Å². The Kier molecular flexibility index (Phi) is 2.19. The van der Waals surface area contributed by atoms with E-state index in [4.69, 9.17) is 11.5 Å². The van der Waals surface area contributed by atoms with E-state index in [-0.39, 0.29) is 0 Å². The van der Waals surface area contributed by atoms with Crippen molar-refractivity contribution in [1.82, 2.24) is 9.97 Å². The van der Waals surface area contributed by atoms with Crippen molar-refractivity contribution < 1.29 is 0 Å². The van der Waals surface area contributed by atoms with Crippen LogP contribution in [0, 0.1) is 0 Å². The number of aromatic nitrogens is 2. The fraction of sp³-hybridized carbons (Fsp3) is 0. The molecular formula is C12H10N4S. The zero-order chi connectivity index (χ0) is 11.8. The van der Waals surface area contributed by atoms with Crippen LogP contribution >= 0.6 is 11.3 Å². The van der Waals surface area contributed by atoms with Crippen LogP contribution in [0.1, 0.15) is 0 Å². The molecule has 0 unspecified atom stereocenters. The molecule has 0 spiro atoms. The summed E-state index contributed by atoms with van der Waals surface area (Å²) in [6.45, 7) is 0. The first-order chi connectivity index (χ1) is 8.24. The van der Waals surface area contributed by atoms with E-state index in [0.29, 0.717) is 5.95 Å². The number of anilines is 2. The highest BCUT2D eigenvalue weighted by Crippen LogP contribution is 2.33. The molecule has 1 aromatic carbocycles. The molecule has 0 aliphatic carbocycles. The van der Waals surface area contributed by atoms with E-state index < -0.39 is 0 Å². The van der Waals surface area contributed by atoms with Gasteiger partial charge in [0, 0.05) is 16.6 Å². The predicted octanol–water partition coefficient (Wildman–Crippen LogP) is 2.52. The Morgan fingerprint density at radius 2 is 2.06 bits per heavy atom. The van der Waals surface area contributed by atoms with Crippen molar-refractivity contribution in [2.75, 3.05) is 11.5 Å². The lowest BCUT2D eigenvalue weighted by Gasteiger charge is -2.01. The molecule has 4 nitrogen and oxygen atoms in total. The minimum absolute atomic E-state index is 0.293. The van der Waals surface area contributed by atoms with Crippen LogP contribution in [0.15, 0.2) is 35.8 Å². The Labute approximate surface area is 102 Å². The quantitative estimate of drug-likeness (QED) is 0.643. The lowest BCUT2D eigenvalue weighted by molar-refractivity contribution is 1.25. The van der Waals surface area contributed by atoms with Gasteiger partial charge in [-0.2, -0.15) is 0 Å². The molecule has 0 atom stereocenters. The van der Waals surface area contributed by atoms with Gasteiger partial charge in [-0.05, 0) is 17.7 Å². The minimum atomic E-state index is 0.293. The summed E-state index contributed by atoms with van der Waals surface area (Å²) in [5.41, 5.74) is 15.1. The topological polar surface area (TPSA) is 77.8 Å². The molecule has 4 N–H and O–H groups in total. The highest BCUT2D eigenvalue weighted by Gasteiger charge is 2.08. The number of nitrogens with zero attached hydrogens (tertiary/aromatic N) is 2. The van der Waals surface area contributed by atoms with E-state index in [1.54, 1.807) is 17.5 Å². The van der Waals surface area contributed by atoms with Crippen molar-refractivity contribution in [3.63, 3.8) is 0 Å². The Balaban J connectivity index is 2.27. The summed E-state index contributed by atoms with van der Waals surface area (Å²) in [4.78, 5) is 8.26. The van der Waals surface area contributed by atoms with Gasteiger partial charge in [0.05, 0.1) is 16.4 Å². The number of hydrogen-bond acceptors (Lipinski definition) is 5. The highest BCUT2D eigenvalue weighted by molar-refractivity contribution is 7.17. The molecule has 3 aromatic rings. The van der Waals surface area contributed by atoms with Crippen molar-refractivity contribution in [1.29, 1.82) is 0 Å². The van der Waals surface area contributed by atoms with Gasteiger partial charge in [0.25, 0.3) is 0 Å². The maximum Gasteiger partial charge on any atom is 0.220 e. The van der Waals surface area contributed by atoms with E-state index in [0.717, 1.165) is 27.0 Å². The molecule has 0 amide bonds. The minimum Gasteiger partial charge on any atom is -0.399 e. The molecule has 2 aromatic heterocycles. The van der Waals surface area contributed by atoms with Gasteiger partial charge in [0.1, 0.15) is 0 Å². The molecule has 0 fully saturated rings. The summed E-state index contributed by atoms with van der Waals surface area (Å²) in [5, 5.41) is 2.05. The van der Waals surface area contributed by atoms with Crippen molar-refractivity contribution in [3.05, 3.63) is 35.8 Å². The maximum atomic E-state index is 5.78. The second-order valence-corrected chi connectivity index (χ2v) is 4.63. The monoisotopic (exact) mass is 242 g/mol. The van der Waals surface area contributed by atoms with Gasteiger partial charge in [-0.25, -0.2) is 9.97 Å². The van der Waals surface area contributed by atoms with Gasteiger partial charge >= 0.3 is 0 Å². The fourth-order valence-electron chi connectivity index (χ4n) is 1.75. The lowest BCUT2D eigenvalue weighted by Crippen LogP contribution is -1.93. The van der Waals surface area contributed by atoms with Crippen LogP contribution in [-0.4, -0.2) is 9.97 Å². The van der Waals surface area contributed by atoms with Gasteiger partial charge < -0.3 is 11.5 Å². The molecule has 3 rings (SSSR count). The average molecular weight is 242 g/mol. The molecule has 5 heteroatoms. The first-order valence-corrected chi connectivity index (χ1v) is 5.97. The fourth-order valence-corrected chi connectivity index (χ4v) is 2.63. The number of thiophene rings is 1. The third-order valence-electron chi connectivity index (χ3n) is 2.53. The molecule has 0 saturated heterocycles. The molecule has 0 saturated carbocycles. The van der Waals surface area contributed by atoms with Crippen LogP contribution in [0.3, 0.4) is 0 Å².